The number of ether oxygens (including phenoxy) is 1. The molecule has 0 aliphatic carbocycles. The number of carbonyl (C=O) groups is 1. The highest BCUT2D eigenvalue weighted by molar-refractivity contribution is 9.10. The molecule has 0 saturated heterocycles. The Balaban J connectivity index is 1.64. The molecule has 3 aromatic carbocycles. The molecule has 1 N–H and O–H groups in total. The summed E-state index contributed by atoms with van der Waals surface area (Å²) >= 11 is 9.44. The lowest BCUT2D eigenvalue weighted by Gasteiger charge is -2.09. The van der Waals surface area contributed by atoms with Gasteiger partial charge in [-0.1, -0.05) is 27.5 Å². The Hall–Kier alpha value is -2.90. The average Bonchev–Trinajstić information content (AvgIpc) is 3.10. The second-order valence-electron chi connectivity index (χ2n) is 6.12. The van der Waals surface area contributed by atoms with Gasteiger partial charge in [0.25, 0.3) is 5.91 Å². The Morgan fingerprint density at radius 1 is 1.17 bits per heavy atom. The van der Waals surface area contributed by atoms with Gasteiger partial charge >= 0.3 is 0 Å². The zero-order valence-electron chi connectivity index (χ0n) is 15.0. The van der Waals surface area contributed by atoms with Crippen molar-refractivity contribution >= 4 is 50.2 Å². The smallest absolute Gasteiger partial charge is 0.259 e. The van der Waals surface area contributed by atoms with Crippen LogP contribution >= 0.6 is 27.5 Å². The molecule has 0 saturated carbocycles. The molecule has 4 rings (SSSR count). The van der Waals surface area contributed by atoms with Gasteiger partial charge in [0, 0.05) is 10.2 Å². The van der Waals surface area contributed by atoms with Crippen LogP contribution in [0.3, 0.4) is 0 Å². The number of nitrogens with zero attached hydrogens (tertiary/aromatic N) is 1. The van der Waals surface area contributed by atoms with Crippen LogP contribution in [-0.4, -0.2) is 18.0 Å². The van der Waals surface area contributed by atoms with Crippen LogP contribution < -0.4 is 10.1 Å². The minimum atomic E-state index is -0.442. The summed E-state index contributed by atoms with van der Waals surface area (Å²) in [5, 5.41) is 3.02. The van der Waals surface area contributed by atoms with Gasteiger partial charge < -0.3 is 14.5 Å². The number of hydrogen-bond acceptors (Lipinski definition) is 4. The summed E-state index contributed by atoms with van der Waals surface area (Å²) in [6.07, 6.45) is 0. The number of amides is 1. The standard InChI is InChI=1S/C21H13BrClFN2O3/c1-28-18-6-2-11(22)8-15(18)20(27)25-13-4-7-19-17(10-13)26-21(29-19)14-5-3-12(24)9-16(14)23/h2-10H,1H3,(H,25,27). The van der Waals surface area contributed by atoms with Crippen molar-refractivity contribution in [3.63, 3.8) is 0 Å². The zero-order chi connectivity index (χ0) is 20.5. The zero-order valence-corrected chi connectivity index (χ0v) is 17.3. The van der Waals surface area contributed by atoms with Gasteiger partial charge in [0.05, 0.1) is 23.3 Å². The number of anilines is 1. The second-order valence-corrected chi connectivity index (χ2v) is 7.45. The molecule has 1 amide bonds. The lowest BCUT2D eigenvalue weighted by Crippen LogP contribution is -2.13. The van der Waals surface area contributed by atoms with Gasteiger partial charge in [0.15, 0.2) is 5.58 Å². The monoisotopic (exact) mass is 474 g/mol. The first-order valence-corrected chi connectivity index (χ1v) is 9.62. The van der Waals surface area contributed by atoms with Crippen molar-refractivity contribution in [3.05, 3.63) is 75.5 Å². The number of hydrogen-bond donors (Lipinski definition) is 1. The predicted octanol–water partition coefficient (Wildman–Crippen LogP) is 6.31. The number of benzene rings is 3. The highest BCUT2D eigenvalue weighted by Gasteiger charge is 2.16. The Morgan fingerprint density at radius 2 is 2.00 bits per heavy atom. The Kier molecular flexibility index (Phi) is 5.25. The van der Waals surface area contributed by atoms with E-state index < -0.39 is 5.82 Å². The van der Waals surface area contributed by atoms with Crippen LogP contribution in [-0.2, 0) is 0 Å². The average molecular weight is 476 g/mol. The molecular formula is C21H13BrClFN2O3. The molecule has 5 nitrogen and oxygen atoms in total. The fourth-order valence-corrected chi connectivity index (χ4v) is 3.45. The van der Waals surface area contributed by atoms with Crippen LogP contribution in [0, 0.1) is 5.82 Å². The van der Waals surface area contributed by atoms with Crippen LogP contribution in [0.25, 0.3) is 22.6 Å². The van der Waals surface area contributed by atoms with E-state index in [1.165, 1.54) is 25.3 Å². The van der Waals surface area contributed by atoms with Crippen LogP contribution in [0.4, 0.5) is 10.1 Å². The molecule has 0 bridgehead atoms. The van der Waals surface area contributed by atoms with E-state index in [2.05, 4.69) is 26.2 Å². The Morgan fingerprint density at radius 3 is 2.76 bits per heavy atom. The minimum absolute atomic E-state index is 0.201. The molecule has 0 atom stereocenters. The van der Waals surface area contributed by atoms with Crippen LogP contribution in [0.15, 0.2) is 63.5 Å². The molecule has 0 fully saturated rings. The van der Waals surface area contributed by atoms with Gasteiger partial charge in [-0.25, -0.2) is 9.37 Å². The number of fused-ring (bicyclic) bond motifs is 1. The van der Waals surface area contributed by atoms with Gasteiger partial charge in [-0.2, -0.15) is 0 Å². The minimum Gasteiger partial charge on any atom is -0.496 e. The van der Waals surface area contributed by atoms with Gasteiger partial charge in [-0.3, -0.25) is 4.79 Å². The molecule has 0 aliphatic heterocycles. The largest absolute Gasteiger partial charge is 0.496 e. The maximum atomic E-state index is 13.3. The second kappa shape index (κ2) is 7.85. The van der Waals surface area contributed by atoms with Crippen molar-refractivity contribution in [1.29, 1.82) is 0 Å². The van der Waals surface area contributed by atoms with Crippen molar-refractivity contribution in [2.45, 2.75) is 0 Å². The summed E-state index contributed by atoms with van der Waals surface area (Å²) in [6, 6.07) is 14.2. The SMILES string of the molecule is COc1ccc(Br)cc1C(=O)Nc1ccc2oc(-c3ccc(F)cc3Cl)nc2c1. The molecule has 8 heteroatoms. The van der Waals surface area contributed by atoms with E-state index in [0.29, 0.717) is 33.7 Å². The third kappa shape index (κ3) is 3.97. The van der Waals surface area contributed by atoms with Crippen molar-refractivity contribution in [1.82, 2.24) is 4.98 Å². The molecule has 29 heavy (non-hydrogen) atoms. The number of carbonyl (C=O) groups excluding carboxylic acids is 1. The van der Waals surface area contributed by atoms with Crippen LogP contribution in [0.1, 0.15) is 10.4 Å². The first kappa shape index (κ1) is 19.4. The van der Waals surface area contributed by atoms with E-state index in [-0.39, 0.29) is 16.8 Å². The molecule has 0 unspecified atom stereocenters. The predicted molar refractivity (Wildman–Crippen MR) is 113 cm³/mol. The van der Waals surface area contributed by atoms with Gasteiger partial charge in [0.2, 0.25) is 5.89 Å². The first-order chi connectivity index (χ1) is 13.9. The number of methoxy groups -OCH3 is 1. The molecule has 0 aliphatic rings. The summed E-state index contributed by atoms with van der Waals surface area (Å²) < 4.78 is 25.0. The number of rotatable bonds is 4. The first-order valence-electron chi connectivity index (χ1n) is 8.45. The van der Waals surface area contributed by atoms with Crippen molar-refractivity contribution in [3.8, 4) is 17.2 Å². The van der Waals surface area contributed by atoms with Crippen molar-refractivity contribution < 1.29 is 18.3 Å². The summed E-state index contributed by atoms with van der Waals surface area (Å²) in [5.41, 5.74) is 2.45. The maximum Gasteiger partial charge on any atom is 0.259 e. The molecule has 1 aromatic heterocycles. The molecule has 4 aromatic rings. The molecule has 0 radical (unpaired) electrons. The Labute approximate surface area is 178 Å². The number of oxazole rings is 1. The Bertz CT molecular complexity index is 1240. The van der Waals surface area contributed by atoms with E-state index in [0.717, 1.165) is 4.47 Å². The molecule has 1 heterocycles. The van der Waals surface area contributed by atoms with E-state index in [4.69, 9.17) is 20.8 Å². The fraction of sp³-hybridized carbons (Fsp3) is 0.0476. The van der Waals surface area contributed by atoms with Gasteiger partial charge in [-0.05, 0) is 54.6 Å². The third-order valence-electron chi connectivity index (χ3n) is 4.21. The van der Waals surface area contributed by atoms with E-state index >= 15 is 0 Å². The summed E-state index contributed by atoms with van der Waals surface area (Å²) in [4.78, 5) is 17.1. The van der Waals surface area contributed by atoms with Gasteiger partial charge in [0.1, 0.15) is 17.1 Å². The summed E-state index contributed by atoms with van der Waals surface area (Å²) in [6.45, 7) is 0. The number of aromatic nitrogens is 1. The summed E-state index contributed by atoms with van der Waals surface area (Å²) in [7, 11) is 1.50. The van der Waals surface area contributed by atoms with Crippen molar-refractivity contribution in [2.24, 2.45) is 0 Å². The normalized spacial score (nSPS) is 10.9. The van der Waals surface area contributed by atoms with Gasteiger partial charge in [-0.15, -0.1) is 0 Å². The van der Waals surface area contributed by atoms with Crippen molar-refractivity contribution in [2.75, 3.05) is 12.4 Å². The van der Waals surface area contributed by atoms with E-state index in [9.17, 15) is 9.18 Å². The highest BCUT2D eigenvalue weighted by Crippen LogP contribution is 2.31. The fourth-order valence-electron chi connectivity index (χ4n) is 2.84. The van der Waals surface area contributed by atoms with Crippen LogP contribution in [0.5, 0.6) is 5.75 Å². The lowest BCUT2D eigenvalue weighted by molar-refractivity contribution is 0.102. The van der Waals surface area contributed by atoms with E-state index in [1.54, 1.807) is 36.4 Å². The third-order valence-corrected chi connectivity index (χ3v) is 5.02. The lowest BCUT2D eigenvalue weighted by atomic mass is 10.2. The van der Waals surface area contributed by atoms with E-state index in [1.807, 2.05) is 0 Å². The summed E-state index contributed by atoms with van der Waals surface area (Å²) in [5.74, 6) is -0.0424. The number of halogens is 3. The topological polar surface area (TPSA) is 64.4 Å². The highest BCUT2D eigenvalue weighted by atomic mass is 79.9. The molecule has 0 spiro atoms. The maximum absolute atomic E-state index is 13.3. The van der Waals surface area contributed by atoms with Crippen LogP contribution in [0.2, 0.25) is 5.02 Å². The quantitative estimate of drug-likeness (QED) is 0.376. The molecular weight excluding hydrogens is 463 g/mol. The number of nitrogens with one attached hydrogen (secondary N) is 1. The molecule has 146 valence electrons.